The van der Waals surface area contributed by atoms with Crippen molar-refractivity contribution in [3.8, 4) is 0 Å². The van der Waals surface area contributed by atoms with Crippen molar-refractivity contribution >= 4 is 16.9 Å². The Kier molecular flexibility index (Phi) is 2.51. The fourth-order valence-corrected chi connectivity index (χ4v) is 2.62. The first-order valence-electron chi connectivity index (χ1n) is 4.77. The lowest BCUT2D eigenvalue weighted by Crippen LogP contribution is -2.21. The molecular weight excluding hydrogens is 178 g/mol. The molecule has 1 aromatic rings. The van der Waals surface area contributed by atoms with Crippen LogP contribution in [0.15, 0.2) is 18.2 Å². The largest absolute Gasteiger partial charge is 0.327 e. The van der Waals surface area contributed by atoms with Gasteiger partial charge in [0.05, 0.1) is 0 Å². The Hall–Kier alpha value is -0.600. The molecular formula is C11H15NS. The summed E-state index contributed by atoms with van der Waals surface area (Å²) in [5.74, 6) is 0. The Bertz CT molecular complexity index is 325. The summed E-state index contributed by atoms with van der Waals surface area (Å²) in [7, 11) is 0. The standard InChI is InChI=1S/C11H15NS/c1-8-2-7-11(13-8)9-3-5-10(12)6-4-9/h2-3,7,10H,4-6,12H2,1H3. The van der Waals surface area contributed by atoms with Crippen molar-refractivity contribution in [2.24, 2.45) is 5.73 Å². The number of aryl methyl sites for hydroxylation is 1. The summed E-state index contributed by atoms with van der Waals surface area (Å²) >= 11 is 1.89. The molecule has 0 saturated carbocycles. The number of hydrogen-bond donors (Lipinski definition) is 1. The lowest BCUT2D eigenvalue weighted by Gasteiger charge is -2.17. The lowest BCUT2D eigenvalue weighted by molar-refractivity contribution is 0.615. The molecule has 0 spiro atoms. The van der Waals surface area contributed by atoms with Crippen molar-refractivity contribution in [3.05, 3.63) is 28.0 Å². The van der Waals surface area contributed by atoms with Crippen LogP contribution in [0.1, 0.15) is 29.0 Å². The van der Waals surface area contributed by atoms with E-state index >= 15 is 0 Å². The number of nitrogens with two attached hydrogens (primary N) is 1. The van der Waals surface area contributed by atoms with Crippen molar-refractivity contribution in [1.82, 2.24) is 0 Å². The van der Waals surface area contributed by atoms with Gasteiger partial charge in [0.2, 0.25) is 0 Å². The number of allylic oxidation sites excluding steroid dienone is 1. The number of rotatable bonds is 1. The summed E-state index contributed by atoms with van der Waals surface area (Å²) in [6.45, 7) is 2.16. The molecule has 1 aromatic heterocycles. The SMILES string of the molecule is Cc1ccc(C2=CCC(N)CC2)s1. The molecule has 1 atom stereocenters. The van der Waals surface area contributed by atoms with E-state index in [1.165, 1.54) is 15.3 Å². The molecule has 13 heavy (non-hydrogen) atoms. The molecule has 0 radical (unpaired) electrons. The minimum absolute atomic E-state index is 0.393. The molecule has 0 saturated heterocycles. The van der Waals surface area contributed by atoms with Crippen LogP contribution in [-0.2, 0) is 0 Å². The summed E-state index contributed by atoms with van der Waals surface area (Å²) in [5, 5.41) is 0. The van der Waals surface area contributed by atoms with Gasteiger partial charge >= 0.3 is 0 Å². The fraction of sp³-hybridized carbons (Fsp3) is 0.455. The quantitative estimate of drug-likeness (QED) is 0.729. The third-order valence-corrected chi connectivity index (χ3v) is 3.58. The Morgan fingerprint density at radius 2 is 2.31 bits per heavy atom. The second kappa shape index (κ2) is 3.64. The van der Waals surface area contributed by atoms with Gasteiger partial charge in [0.25, 0.3) is 0 Å². The zero-order chi connectivity index (χ0) is 9.26. The second-order valence-electron chi connectivity index (χ2n) is 3.67. The van der Waals surface area contributed by atoms with Crippen LogP contribution >= 0.6 is 11.3 Å². The van der Waals surface area contributed by atoms with Crippen LogP contribution < -0.4 is 5.73 Å². The normalized spacial score (nSPS) is 22.9. The van der Waals surface area contributed by atoms with Crippen molar-refractivity contribution in [1.29, 1.82) is 0 Å². The highest BCUT2D eigenvalue weighted by Crippen LogP contribution is 2.30. The van der Waals surface area contributed by atoms with Crippen LogP contribution in [-0.4, -0.2) is 6.04 Å². The average Bonchev–Trinajstić information content (AvgIpc) is 2.53. The Labute approximate surface area is 83.3 Å². The van der Waals surface area contributed by atoms with Crippen LogP contribution in [0, 0.1) is 6.92 Å². The molecule has 0 fully saturated rings. The Morgan fingerprint density at radius 1 is 1.46 bits per heavy atom. The fourth-order valence-electron chi connectivity index (χ4n) is 1.69. The van der Waals surface area contributed by atoms with E-state index in [1.807, 2.05) is 11.3 Å². The summed E-state index contributed by atoms with van der Waals surface area (Å²) in [6.07, 6.45) is 5.65. The van der Waals surface area contributed by atoms with E-state index < -0.39 is 0 Å². The molecule has 2 N–H and O–H groups in total. The Balaban J connectivity index is 2.18. The first-order chi connectivity index (χ1) is 6.25. The van der Waals surface area contributed by atoms with E-state index in [0.29, 0.717) is 6.04 Å². The molecule has 70 valence electrons. The predicted octanol–water partition coefficient (Wildman–Crippen LogP) is 2.95. The van der Waals surface area contributed by atoms with E-state index in [1.54, 1.807) is 0 Å². The molecule has 1 aliphatic rings. The summed E-state index contributed by atoms with van der Waals surface area (Å²) in [6, 6.07) is 4.81. The van der Waals surface area contributed by atoms with E-state index in [0.717, 1.165) is 19.3 Å². The van der Waals surface area contributed by atoms with Crippen LogP contribution in [0.5, 0.6) is 0 Å². The van der Waals surface area contributed by atoms with E-state index in [4.69, 9.17) is 5.73 Å². The van der Waals surface area contributed by atoms with Gasteiger partial charge in [-0.2, -0.15) is 0 Å². The maximum Gasteiger partial charge on any atom is 0.0301 e. The summed E-state index contributed by atoms with van der Waals surface area (Å²) in [4.78, 5) is 2.83. The molecule has 1 unspecified atom stereocenters. The van der Waals surface area contributed by atoms with Gasteiger partial charge in [0.15, 0.2) is 0 Å². The van der Waals surface area contributed by atoms with Crippen LogP contribution in [0.3, 0.4) is 0 Å². The van der Waals surface area contributed by atoms with Crippen molar-refractivity contribution < 1.29 is 0 Å². The number of hydrogen-bond acceptors (Lipinski definition) is 2. The van der Waals surface area contributed by atoms with Gasteiger partial charge in [-0.3, -0.25) is 0 Å². The van der Waals surface area contributed by atoms with Gasteiger partial charge in [-0.25, -0.2) is 0 Å². The zero-order valence-corrected chi connectivity index (χ0v) is 8.73. The van der Waals surface area contributed by atoms with Gasteiger partial charge in [0, 0.05) is 15.8 Å². The monoisotopic (exact) mass is 193 g/mol. The molecule has 0 aromatic carbocycles. The van der Waals surface area contributed by atoms with Crippen LogP contribution in [0.25, 0.3) is 5.57 Å². The first kappa shape index (κ1) is 8.97. The molecule has 0 amide bonds. The molecule has 1 heterocycles. The summed E-state index contributed by atoms with van der Waals surface area (Å²) < 4.78 is 0. The smallest absolute Gasteiger partial charge is 0.0301 e. The Morgan fingerprint density at radius 3 is 2.85 bits per heavy atom. The maximum absolute atomic E-state index is 5.84. The average molecular weight is 193 g/mol. The minimum atomic E-state index is 0.393. The van der Waals surface area contributed by atoms with Crippen molar-refractivity contribution in [3.63, 3.8) is 0 Å². The third-order valence-electron chi connectivity index (χ3n) is 2.51. The molecule has 2 rings (SSSR count). The highest BCUT2D eigenvalue weighted by atomic mass is 32.1. The summed E-state index contributed by atoms with van der Waals surface area (Å²) in [5.41, 5.74) is 7.34. The van der Waals surface area contributed by atoms with Gasteiger partial charge < -0.3 is 5.73 Å². The second-order valence-corrected chi connectivity index (χ2v) is 4.96. The molecule has 1 nitrogen and oxygen atoms in total. The first-order valence-corrected chi connectivity index (χ1v) is 5.59. The van der Waals surface area contributed by atoms with E-state index in [2.05, 4.69) is 25.1 Å². The highest BCUT2D eigenvalue weighted by Gasteiger charge is 2.12. The van der Waals surface area contributed by atoms with E-state index in [9.17, 15) is 0 Å². The molecule has 0 aliphatic heterocycles. The van der Waals surface area contributed by atoms with Crippen LogP contribution in [0.4, 0.5) is 0 Å². The number of thiophene rings is 1. The zero-order valence-electron chi connectivity index (χ0n) is 7.92. The maximum atomic E-state index is 5.84. The topological polar surface area (TPSA) is 26.0 Å². The third kappa shape index (κ3) is 2.01. The molecule has 1 aliphatic carbocycles. The predicted molar refractivity (Wildman–Crippen MR) is 58.9 cm³/mol. The van der Waals surface area contributed by atoms with Gasteiger partial charge in [-0.1, -0.05) is 6.08 Å². The van der Waals surface area contributed by atoms with E-state index in [-0.39, 0.29) is 0 Å². The van der Waals surface area contributed by atoms with Crippen LogP contribution in [0.2, 0.25) is 0 Å². The molecule has 2 heteroatoms. The van der Waals surface area contributed by atoms with Crippen molar-refractivity contribution in [2.45, 2.75) is 32.2 Å². The van der Waals surface area contributed by atoms with Gasteiger partial charge in [-0.05, 0) is 43.9 Å². The minimum Gasteiger partial charge on any atom is -0.327 e. The van der Waals surface area contributed by atoms with Gasteiger partial charge in [-0.15, -0.1) is 11.3 Å². The lowest BCUT2D eigenvalue weighted by atomic mass is 9.95. The molecule has 0 bridgehead atoms. The highest BCUT2D eigenvalue weighted by molar-refractivity contribution is 7.13. The van der Waals surface area contributed by atoms with Crippen molar-refractivity contribution in [2.75, 3.05) is 0 Å². The van der Waals surface area contributed by atoms with Gasteiger partial charge in [0.1, 0.15) is 0 Å².